The number of thiazole rings is 2. The first-order valence-corrected chi connectivity index (χ1v) is 9.94. The van der Waals surface area contributed by atoms with Gasteiger partial charge in [0.1, 0.15) is 5.75 Å². The third-order valence-electron chi connectivity index (χ3n) is 3.86. The van der Waals surface area contributed by atoms with Gasteiger partial charge in [-0.2, -0.15) is 0 Å². The van der Waals surface area contributed by atoms with E-state index in [1.165, 1.54) is 11.3 Å². The van der Waals surface area contributed by atoms with Crippen LogP contribution >= 0.6 is 22.7 Å². The highest BCUT2D eigenvalue weighted by molar-refractivity contribution is 7.28. The van der Waals surface area contributed by atoms with Crippen molar-refractivity contribution in [2.45, 2.75) is 20.3 Å². The summed E-state index contributed by atoms with van der Waals surface area (Å²) < 4.78 is 7.62. The number of nitrogens with one attached hydrogen (secondary N) is 1. The fourth-order valence-corrected chi connectivity index (χ4v) is 4.78. The van der Waals surface area contributed by atoms with Gasteiger partial charge < -0.3 is 10.1 Å². The first kappa shape index (κ1) is 16.9. The van der Waals surface area contributed by atoms with Crippen LogP contribution in [0.5, 0.6) is 5.75 Å². The number of hydrogen-bond acceptors (Lipinski definition) is 6. The number of carbonyl (C=O) groups is 1. The molecular weight excluding hydrogens is 366 g/mol. The van der Waals surface area contributed by atoms with Gasteiger partial charge in [0.2, 0.25) is 5.91 Å². The molecule has 1 N–H and O–H groups in total. The Balaban J connectivity index is 1.51. The summed E-state index contributed by atoms with van der Waals surface area (Å²) in [5.41, 5.74) is 2.81. The molecule has 0 aliphatic heterocycles. The van der Waals surface area contributed by atoms with Gasteiger partial charge in [-0.15, -0.1) is 11.3 Å². The molecule has 0 saturated carbocycles. The van der Waals surface area contributed by atoms with Gasteiger partial charge in [-0.3, -0.25) is 4.79 Å². The standard InChI is InChI=1S/C19H17N3O2S2/c1-3-24-13-6-4-12(5-7-13)10-16(23)22-19-21-15-9-8-14-17(18(15)26-19)25-11(2)20-14/h4-9H,3,10H2,1-2H3,(H,21,22,23). The Morgan fingerprint density at radius 1 is 1.04 bits per heavy atom. The number of rotatable bonds is 5. The largest absolute Gasteiger partial charge is 0.494 e. The molecule has 0 radical (unpaired) electrons. The summed E-state index contributed by atoms with van der Waals surface area (Å²) in [4.78, 5) is 21.4. The second kappa shape index (κ2) is 7.01. The first-order valence-electron chi connectivity index (χ1n) is 8.30. The number of hydrogen-bond donors (Lipinski definition) is 1. The van der Waals surface area contributed by atoms with Crippen molar-refractivity contribution in [2.24, 2.45) is 0 Å². The van der Waals surface area contributed by atoms with Crippen LogP contribution in [0.25, 0.3) is 20.4 Å². The normalized spacial score (nSPS) is 11.2. The Morgan fingerprint density at radius 3 is 2.46 bits per heavy atom. The van der Waals surface area contributed by atoms with E-state index in [1.807, 2.05) is 50.2 Å². The molecule has 0 unspecified atom stereocenters. The minimum atomic E-state index is -0.0788. The van der Waals surface area contributed by atoms with Gasteiger partial charge in [0.25, 0.3) is 0 Å². The summed E-state index contributed by atoms with van der Waals surface area (Å²) in [7, 11) is 0. The lowest BCUT2D eigenvalue weighted by atomic mass is 10.1. The molecule has 26 heavy (non-hydrogen) atoms. The second-order valence-electron chi connectivity index (χ2n) is 5.82. The van der Waals surface area contributed by atoms with Gasteiger partial charge in [-0.05, 0) is 43.7 Å². The smallest absolute Gasteiger partial charge is 0.230 e. The Labute approximate surface area is 158 Å². The quantitative estimate of drug-likeness (QED) is 0.538. The number of benzene rings is 2. The van der Waals surface area contributed by atoms with Crippen LogP contribution in [0.15, 0.2) is 36.4 Å². The molecule has 0 spiro atoms. The van der Waals surface area contributed by atoms with Crippen LogP contribution in [-0.4, -0.2) is 22.5 Å². The number of amides is 1. The summed E-state index contributed by atoms with van der Waals surface area (Å²) in [5.74, 6) is 0.733. The second-order valence-corrected chi connectivity index (χ2v) is 8.02. The van der Waals surface area contributed by atoms with Gasteiger partial charge in [0.15, 0.2) is 5.13 Å². The third kappa shape index (κ3) is 3.40. The van der Waals surface area contributed by atoms with Gasteiger partial charge >= 0.3 is 0 Å². The zero-order valence-electron chi connectivity index (χ0n) is 14.4. The topological polar surface area (TPSA) is 64.1 Å². The molecule has 0 bridgehead atoms. The molecule has 0 aliphatic rings. The van der Waals surface area contributed by atoms with Gasteiger partial charge in [0.05, 0.1) is 38.5 Å². The number of aryl methyl sites for hydroxylation is 1. The molecule has 1 amide bonds. The van der Waals surface area contributed by atoms with E-state index < -0.39 is 0 Å². The first-order chi connectivity index (χ1) is 12.6. The van der Waals surface area contributed by atoms with Crippen LogP contribution in [-0.2, 0) is 11.2 Å². The minimum Gasteiger partial charge on any atom is -0.494 e. The molecule has 4 aromatic rings. The molecule has 2 heterocycles. The average molecular weight is 383 g/mol. The van der Waals surface area contributed by atoms with Gasteiger partial charge in [-0.25, -0.2) is 9.97 Å². The van der Waals surface area contributed by atoms with Crippen LogP contribution in [0.3, 0.4) is 0 Å². The van der Waals surface area contributed by atoms with Crippen molar-refractivity contribution < 1.29 is 9.53 Å². The lowest BCUT2D eigenvalue weighted by molar-refractivity contribution is -0.115. The number of carbonyl (C=O) groups excluding carboxylic acids is 1. The lowest BCUT2D eigenvalue weighted by Crippen LogP contribution is -2.14. The summed E-state index contributed by atoms with van der Waals surface area (Å²) in [5, 5.41) is 4.56. The molecule has 2 aromatic carbocycles. The summed E-state index contributed by atoms with van der Waals surface area (Å²) in [6, 6.07) is 11.5. The maximum absolute atomic E-state index is 12.4. The van der Waals surface area contributed by atoms with Crippen molar-refractivity contribution in [3.8, 4) is 5.75 Å². The summed E-state index contributed by atoms with van der Waals surface area (Å²) >= 11 is 3.15. The van der Waals surface area contributed by atoms with Crippen LogP contribution in [0.4, 0.5) is 5.13 Å². The van der Waals surface area contributed by atoms with Crippen LogP contribution in [0.1, 0.15) is 17.5 Å². The maximum atomic E-state index is 12.4. The van der Waals surface area contributed by atoms with Crippen molar-refractivity contribution in [1.82, 2.24) is 9.97 Å². The van der Waals surface area contributed by atoms with E-state index in [9.17, 15) is 4.79 Å². The summed E-state index contributed by atoms with van der Waals surface area (Å²) in [6.07, 6.45) is 0.303. The minimum absolute atomic E-state index is 0.0788. The molecule has 0 aliphatic carbocycles. The number of nitrogens with zero attached hydrogens (tertiary/aromatic N) is 2. The van der Waals surface area contributed by atoms with E-state index in [0.717, 1.165) is 36.8 Å². The van der Waals surface area contributed by atoms with Crippen molar-refractivity contribution in [2.75, 3.05) is 11.9 Å². The van der Waals surface area contributed by atoms with E-state index in [1.54, 1.807) is 11.3 Å². The SMILES string of the molecule is CCOc1ccc(CC(=O)Nc2nc3ccc4nc(C)sc4c3s2)cc1. The van der Waals surface area contributed by atoms with E-state index in [0.29, 0.717) is 18.2 Å². The predicted molar refractivity (Wildman–Crippen MR) is 107 cm³/mol. The van der Waals surface area contributed by atoms with Gasteiger partial charge in [-0.1, -0.05) is 23.5 Å². The highest BCUT2D eigenvalue weighted by atomic mass is 32.1. The number of aromatic nitrogens is 2. The Kier molecular flexibility index (Phi) is 4.57. The fraction of sp³-hybridized carbons (Fsp3) is 0.211. The Morgan fingerprint density at radius 2 is 1.73 bits per heavy atom. The monoisotopic (exact) mass is 383 g/mol. The van der Waals surface area contributed by atoms with Crippen molar-refractivity contribution in [3.63, 3.8) is 0 Å². The third-order valence-corrected chi connectivity index (χ3v) is 6.00. The zero-order chi connectivity index (χ0) is 18.1. The molecule has 4 rings (SSSR count). The fourth-order valence-electron chi connectivity index (χ4n) is 2.76. The zero-order valence-corrected chi connectivity index (χ0v) is 16.0. The molecule has 0 fully saturated rings. The van der Waals surface area contributed by atoms with Crippen molar-refractivity contribution >= 4 is 54.1 Å². The van der Waals surface area contributed by atoms with Crippen molar-refractivity contribution in [1.29, 1.82) is 0 Å². The van der Waals surface area contributed by atoms with E-state index in [2.05, 4.69) is 15.3 Å². The Hall–Kier alpha value is -2.51. The Bertz CT molecular complexity index is 1080. The highest BCUT2D eigenvalue weighted by Gasteiger charge is 2.13. The highest BCUT2D eigenvalue weighted by Crippen LogP contribution is 2.35. The molecule has 132 valence electrons. The van der Waals surface area contributed by atoms with E-state index >= 15 is 0 Å². The lowest BCUT2D eigenvalue weighted by Gasteiger charge is -2.05. The molecule has 5 nitrogen and oxygen atoms in total. The van der Waals surface area contributed by atoms with E-state index in [4.69, 9.17) is 4.74 Å². The molecule has 7 heteroatoms. The van der Waals surface area contributed by atoms with Crippen LogP contribution in [0, 0.1) is 6.92 Å². The predicted octanol–water partition coefficient (Wildman–Crippen LogP) is 4.79. The molecular formula is C19H17N3O2S2. The van der Waals surface area contributed by atoms with Crippen LogP contribution in [0.2, 0.25) is 0 Å². The van der Waals surface area contributed by atoms with Crippen LogP contribution < -0.4 is 10.1 Å². The average Bonchev–Trinajstić information content (AvgIpc) is 3.18. The number of ether oxygens (including phenoxy) is 1. The maximum Gasteiger partial charge on any atom is 0.230 e. The molecule has 0 atom stereocenters. The van der Waals surface area contributed by atoms with Crippen molar-refractivity contribution in [3.05, 3.63) is 47.0 Å². The number of fused-ring (bicyclic) bond motifs is 3. The molecule has 2 aromatic heterocycles. The molecule has 0 saturated heterocycles. The summed E-state index contributed by atoms with van der Waals surface area (Å²) in [6.45, 7) is 4.57. The van der Waals surface area contributed by atoms with Gasteiger partial charge in [0, 0.05) is 0 Å². The van der Waals surface area contributed by atoms with E-state index in [-0.39, 0.29) is 5.91 Å². The number of anilines is 1.